The molecular formula is C13H20ClN3. The Morgan fingerprint density at radius 1 is 1.24 bits per heavy atom. The van der Waals surface area contributed by atoms with Crippen LogP contribution in [-0.4, -0.2) is 31.1 Å². The van der Waals surface area contributed by atoms with E-state index in [1.54, 1.807) is 0 Å². The van der Waals surface area contributed by atoms with E-state index in [9.17, 15) is 0 Å². The molecule has 3 nitrogen and oxygen atoms in total. The second kappa shape index (κ2) is 6.12. The number of hydrogen-bond donors (Lipinski definition) is 2. The second-order valence-corrected chi connectivity index (χ2v) is 4.94. The van der Waals surface area contributed by atoms with Gasteiger partial charge >= 0.3 is 0 Å². The predicted molar refractivity (Wildman–Crippen MR) is 74.6 cm³/mol. The molecule has 3 N–H and O–H groups in total. The average molecular weight is 254 g/mol. The summed E-state index contributed by atoms with van der Waals surface area (Å²) in [7, 11) is 0. The topological polar surface area (TPSA) is 41.3 Å². The van der Waals surface area contributed by atoms with Gasteiger partial charge in [0.25, 0.3) is 0 Å². The number of rotatable bonds is 4. The standard InChI is InChI=1S/C13H20ClN3/c14-11-5-4-6-12(13(11)15)16-7-10-17-8-2-1-3-9-17/h4-6,16H,1-3,7-10,15H2. The lowest BCUT2D eigenvalue weighted by molar-refractivity contribution is 0.237. The number of hydrogen-bond acceptors (Lipinski definition) is 3. The molecule has 94 valence electrons. The summed E-state index contributed by atoms with van der Waals surface area (Å²) in [4.78, 5) is 2.50. The minimum Gasteiger partial charge on any atom is -0.396 e. The molecule has 1 heterocycles. The number of nitrogens with zero attached hydrogens (tertiary/aromatic N) is 1. The van der Waals surface area contributed by atoms with E-state index < -0.39 is 0 Å². The van der Waals surface area contributed by atoms with E-state index in [-0.39, 0.29) is 0 Å². The highest BCUT2D eigenvalue weighted by atomic mass is 35.5. The van der Waals surface area contributed by atoms with Gasteiger partial charge in [0.15, 0.2) is 0 Å². The summed E-state index contributed by atoms with van der Waals surface area (Å²) in [5.74, 6) is 0. The molecule has 1 aromatic carbocycles. The first kappa shape index (κ1) is 12.5. The van der Waals surface area contributed by atoms with Crippen LogP contribution in [-0.2, 0) is 0 Å². The quantitative estimate of drug-likeness (QED) is 0.811. The minimum absolute atomic E-state index is 0.618. The number of nitrogens with two attached hydrogens (primary N) is 1. The lowest BCUT2D eigenvalue weighted by Crippen LogP contribution is -2.33. The van der Waals surface area contributed by atoms with Gasteiger partial charge in [0.1, 0.15) is 0 Å². The Bertz CT molecular complexity index is 362. The molecule has 0 aromatic heterocycles. The van der Waals surface area contributed by atoms with Crippen LogP contribution in [0.5, 0.6) is 0 Å². The molecule has 0 bridgehead atoms. The number of para-hydroxylation sites is 1. The van der Waals surface area contributed by atoms with Crippen molar-refractivity contribution < 1.29 is 0 Å². The molecule has 0 atom stereocenters. The van der Waals surface area contributed by atoms with Gasteiger partial charge in [-0.1, -0.05) is 24.1 Å². The molecule has 1 aliphatic rings. The lowest BCUT2D eigenvalue weighted by Gasteiger charge is -2.26. The van der Waals surface area contributed by atoms with E-state index in [4.69, 9.17) is 17.3 Å². The zero-order valence-electron chi connectivity index (χ0n) is 10.1. The van der Waals surface area contributed by atoms with Crippen LogP contribution in [0, 0.1) is 0 Å². The van der Waals surface area contributed by atoms with Gasteiger partial charge in [0.2, 0.25) is 0 Å². The van der Waals surface area contributed by atoms with Crippen molar-refractivity contribution in [2.45, 2.75) is 19.3 Å². The number of nitrogen functional groups attached to an aromatic ring is 1. The van der Waals surface area contributed by atoms with E-state index in [0.29, 0.717) is 10.7 Å². The van der Waals surface area contributed by atoms with Crippen molar-refractivity contribution in [1.82, 2.24) is 4.90 Å². The lowest BCUT2D eigenvalue weighted by atomic mass is 10.1. The van der Waals surface area contributed by atoms with Crippen molar-refractivity contribution >= 4 is 23.0 Å². The first-order chi connectivity index (χ1) is 8.27. The van der Waals surface area contributed by atoms with Gasteiger partial charge in [-0.2, -0.15) is 0 Å². The van der Waals surface area contributed by atoms with Gasteiger partial charge in [-0.3, -0.25) is 0 Å². The van der Waals surface area contributed by atoms with Gasteiger partial charge in [0, 0.05) is 13.1 Å². The maximum atomic E-state index is 5.97. The van der Waals surface area contributed by atoms with Gasteiger partial charge < -0.3 is 16.0 Å². The Labute approximate surface area is 108 Å². The van der Waals surface area contributed by atoms with Gasteiger partial charge in [-0.05, 0) is 38.1 Å². The molecule has 0 saturated carbocycles. The normalized spacial score (nSPS) is 17.0. The molecule has 17 heavy (non-hydrogen) atoms. The van der Waals surface area contributed by atoms with Gasteiger partial charge in [-0.25, -0.2) is 0 Å². The summed E-state index contributed by atoms with van der Waals surface area (Å²) in [6, 6.07) is 5.70. The van der Waals surface area contributed by atoms with E-state index in [1.165, 1.54) is 32.4 Å². The fourth-order valence-electron chi connectivity index (χ4n) is 2.22. The molecule has 0 aliphatic carbocycles. The molecule has 1 aliphatic heterocycles. The highest BCUT2D eigenvalue weighted by molar-refractivity contribution is 6.33. The van der Waals surface area contributed by atoms with Crippen LogP contribution in [0.15, 0.2) is 18.2 Å². The summed E-state index contributed by atoms with van der Waals surface area (Å²) in [6.07, 6.45) is 4.05. The first-order valence-corrected chi connectivity index (χ1v) is 6.65. The molecule has 1 fully saturated rings. The Morgan fingerprint density at radius 2 is 2.00 bits per heavy atom. The van der Waals surface area contributed by atoms with Crippen LogP contribution >= 0.6 is 11.6 Å². The van der Waals surface area contributed by atoms with Crippen molar-refractivity contribution in [3.63, 3.8) is 0 Å². The Balaban J connectivity index is 1.79. The molecule has 0 amide bonds. The highest BCUT2D eigenvalue weighted by Crippen LogP contribution is 2.26. The van der Waals surface area contributed by atoms with E-state index >= 15 is 0 Å². The van der Waals surface area contributed by atoms with Crippen molar-refractivity contribution in [3.8, 4) is 0 Å². The Kier molecular flexibility index (Phi) is 4.51. The fourth-order valence-corrected chi connectivity index (χ4v) is 2.40. The number of piperidine rings is 1. The second-order valence-electron chi connectivity index (χ2n) is 4.53. The summed E-state index contributed by atoms with van der Waals surface area (Å²) >= 11 is 5.97. The van der Waals surface area contributed by atoms with E-state index in [2.05, 4.69) is 10.2 Å². The zero-order valence-corrected chi connectivity index (χ0v) is 10.8. The Morgan fingerprint density at radius 3 is 2.76 bits per heavy atom. The predicted octanol–water partition coefficient (Wildman–Crippen LogP) is 2.82. The summed E-state index contributed by atoms with van der Waals surface area (Å²) < 4.78 is 0. The van der Waals surface area contributed by atoms with Crippen LogP contribution < -0.4 is 11.1 Å². The van der Waals surface area contributed by atoms with Crippen LogP contribution in [0.2, 0.25) is 5.02 Å². The first-order valence-electron chi connectivity index (χ1n) is 6.27. The average Bonchev–Trinajstić information content (AvgIpc) is 2.36. The molecule has 1 saturated heterocycles. The van der Waals surface area contributed by atoms with Gasteiger partial charge in [0.05, 0.1) is 16.4 Å². The maximum absolute atomic E-state index is 5.97. The van der Waals surface area contributed by atoms with E-state index in [1.807, 2.05) is 18.2 Å². The fraction of sp³-hybridized carbons (Fsp3) is 0.538. The van der Waals surface area contributed by atoms with Crippen molar-refractivity contribution in [2.75, 3.05) is 37.2 Å². The maximum Gasteiger partial charge on any atom is 0.0739 e. The third-order valence-electron chi connectivity index (χ3n) is 3.25. The van der Waals surface area contributed by atoms with E-state index in [0.717, 1.165) is 18.8 Å². The SMILES string of the molecule is Nc1c(Cl)cccc1NCCN1CCCCC1. The number of halogens is 1. The third-order valence-corrected chi connectivity index (χ3v) is 3.57. The number of nitrogens with one attached hydrogen (secondary N) is 1. The van der Waals surface area contributed by atoms with Gasteiger partial charge in [-0.15, -0.1) is 0 Å². The zero-order chi connectivity index (χ0) is 12.1. The van der Waals surface area contributed by atoms with Crippen LogP contribution in [0.3, 0.4) is 0 Å². The number of anilines is 2. The van der Waals surface area contributed by atoms with Crippen molar-refractivity contribution in [2.24, 2.45) is 0 Å². The number of benzene rings is 1. The van der Waals surface area contributed by atoms with Crippen LogP contribution in [0.4, 0.5) is 11.4 Å². The minimum atomic E-state index is 0.618. The summed E-state index contributed by atoms with van der Waals surface area (Å²) in [6.45, 7) is 4.45. The largest absolute Gasteiger partial charge is 0.396 e. The Hall–Kier alpha value is -0.930. The molecule has 0 spiro atoms. The van der Waals surface area contributed by atoms with Crippen molar-refractivity contribution in [3.05, 3.63) is 23.2 Å². The van der Waals surface area contributed by atoms with Crippen LogP contribution in [0.25, 0.3) is 0 Å². The molecule has 4 heteroatoms. The third kappa shape index (κ3) is 3.51. The molecule has 1 aromatic rings. The molecule has 2 rings (SSSR count). The molecule has 0 unspecified atom stereocenters. The van der Waals surface area contributed by atoms with Crippen LogP contribution in [0.1, 0.15) is 19.3 Å². The summed E-state index contributed by atoms with van der Waals surface area (Å²) in [5, 5.41) is 3.97. The number of likely N-dealkylation sites (tertiary alicyclic amines) is 1. The smallest absolute Gasteiger partial charge is 0.0739 e. The summed E-state index contributed by atoms with van der Waals surface area (Å²) in [5.41, 5.74) is 7.48. The molecular weight excluding hydrogens is 234 g/mol. The highest BCUT2D eigenvalue weighted by Gasteiger charge is 2.09. The monoisotopic (exact) mass is 253 g/mol. The van der Waals surface area contributed by atoms with Crippen molar-refractivity contribution in [1.29, 1.82) is 0 Å². The molecule has 0 radical (unpaired) electrons.